The first-order chi connectivity index (χ1) is 8.58. The van der Waals surface area contributed by atoms with Gasteiger partial charge in [-0.25, -0.2) is 4.98 Å². The van der Waals surface area contributed by atoms with Crippen molar-refractivity contribution in [3.8, 4) is 0 Å². The molecule has 2 aromatic heterocycles. The summed E-state index contributed by atoms with van der Waals surface area (Å²) in [4.78, 5) is 6.40. The molecule has 0 aliphatic rings. The Morgan fingerprint density at radius 2 is 2.28 bits per heavy atom. The van der Waals surface area contributed by atoms with Gasteiger partial charge in [0, 0.05) is 18.6 Å². The standard InChI is InChI=1S/C12H15BrN4S/c1-3-9-11(16(2)12(14)18)17-7-8(6-13)4-5-10(17)15-9/h4-5,7H,3,6H2,1-2H3,(H2,14,18). The lowest BCUT2D eigenvalue weighted by molar-refractivity contribution is 1.03. The minimum absolute atomic E-state index is 0.343. The van der Waals surface area contributed by atoms with Gasteiger partial charge < -0.3 is 10.6 Å². The quantitative estimate of drug-likeness (QED) is 0.695. The van der Waals surface area contributed by atoms with Crippen LogP contribution >= 0.6 is 28.1 Å². The van der Waals surface area contributed by atoms with Gasteiger partial charge in [-0.1, -0.05) is 28.9 Å². The van der Waals surface area contributed by atoms with Crippen molar-refractivity contribution >= 4 is 44.7 Å². The van der Waals surface area contributed by atoms with Crippen LogP contribution in [-0.2, 0) is 11.8 Å². The topological polar surface area (TPSA) is 46.6 Å². The van der Waals surface area contributed by atoms with Crippen molar-refractivity contribution in [1.29, 1.82) is 0 Å². The summed E-state index contributed by atoms with van der Waals surface area (Å²) in [5.74, 6) is 0.947. The Kier molecular flexibility index (Phi) is 3.87. The maximum atomic E-state index is 5.72. The molecule has 2 heterocycles. The number of rotatable bonds is 3. The molecule has 2 aromatic rings. The van der Waals surface area contributed by atoms with Gasteiger partial charge in [0.05, 0.1) is 5.69 Å². The van der Waals surface area contributed by atoms with Crippen LogP contribution in [0.4, 0.5) is 5.82 Å². The summed E-state index contributed by atoms with van der Waals surface area (Å²) in [6.07, 6.45) is 2.90. The first-order valence-electron chi connectivity index (χ1n) is 5.67. The van der Waals surface area contributed by atoms with Gasteiger partial charge in [-0.15, -0.1) is 0 Å². The second-order valence-corrected chi connectivity index (χ2v) is 5.01. The number of alkyl halides is 1. The third-order valence-corrected chi connectivity index (χ3v) is 3.78. The van der Waals surface area contributed by atoms with E-state index in [1.165, 1.54) is 5.56 Å². The summed E-state index contributed by atoms with van der Waals surface area (Å²) >= 11 is 8.51. The van der Waals surface area contributed by atoms with Crippen LogP contribution in [0.5, 0.6) is 0 Å². The van der Waals surface area contributed by atoms with Gasteiger partial charge in [0.25, 0.3) is 0 Å². The zero-order valence-corrected chi connectivity index (χ0v) is 12.8. The first kappa shape index (κ1) is 13.3. The average Bonchev–Trinajstić information content (AvgIpc) is 2.74. The maximum Gasteiger partial charge on any atom is 0.171 e. The average molecular weight is 327 g/mol. The molecule has 0 bridgehead atoms. The van der Waals surface area contributed by atoms with Gasteiger partial charge in [-0.2, -0.15) is 0 Å². The fraction of sp³-hybridized carbons (Fsp3) is 0.333. The Labute approximate surface area is 120 Å². The zero-order valence-electron chi connectivity index (χ0n) is 10.4. The molecular weight excluding hydrogens is 312 g/mol. The molecule has 0 fully saturated rings. The van der Waals surface area contributed by atoms with Gasteiger partial charge in [0.2, 0.25) is 0 Å². The molecule has 0 saturated carbocycles. The molecule has 2 rings (SSSR count). The van der Waals surface area contributed by atoms with E-state index < -0.39 is 0 Å². The molecule has 18 heavy (non-hydrogen) atoms. The van der Waals surface area contributed by atoms with Crippen molar-refractivity contribution in [1.82, 2.24) is 9.38 Å². The molecule has 0 spiro atoms. The summed E-state index contributed by atoms with van der Waals surface area (Å²) in [5, 5.41) is 1.15. The van der Waals surface area contributed by atoms with E-state index in [0.717, 1.165) is 28.9 Å². The number of hydrogen-bond acceptors (Lipinski definition) is 2. The highest BCUT2D eigenvalue weighted by Gasteiger charge is 2.16. The van der Waals surface area contributed by atoms with E-state index in [2.05, 4.69) is 40.1 Å². The van der Waals surface area contributed by atoms with Gasteiger partial charge in [0.1, 0.15) is 11.5 Å². The number of fused-ring (bicyclic) bond motifs is 1. The molecule has 2 N–H and O–H groups in total. The number of hydrogen-bond donors (Lipinski definition) is 1. The van der Waals surface area contributed by atoms with Crippen molar-refractivity contribution in [3.05, 3.63) is 29.6 Å². The molecule has 0 amide bonds. The van der Waals surface area contributed by atoms with E-state index in [0.29, 0.717) is 5.11 Å². The Morgan fingerprint density at radius 1 is 1.56 bits per heavy atom. The summed E-state index contributed by atoms with van der Waals surface area (Å²) in [6, 6.07) is 4.06. The Balaban J connectivity index is 2.69. The zero-order chi connectivity index (χ0) is 13.3. The Hall–Kier alpha value is -1.14. The molecule has 96 valence electrons. The number of thiocarbonyl (C=S) groups is 1. The van der Waals surface area contributed by atoms with E-state index in [1.807, 2.05) is 17.5 Å². The molecule has 0 atom stereocenters. The number of aromatic nitrogens is 2. The molecule has 0 aliphatic carbocycles. The van der Waals surface area contributed by atoms with Crippen molar-refractivity contribution in [2.24, 2.45) is 5.73 Å². The monoisotopic (exact) mass is 326 g/mol. The summed E-state index contributed by atoms with van der Waals surface area (Å²) in [7, 11) is 1.87. The van der Waals surface area contributed by atoms with Crippen molar-refractivity contribution in [3.63, 3.8) is 0 Å². The number of aryl methyl sites for hydroxylation is 1. The fourth-order valence-corrected chi connectivity index (χ4v) is 2.32. The lowest BCUT2D eigenvalue weighted by Gasteiger charge is -2.17. The lowest BCUT2D eigenvalue weighted by Crippen LogP contribution is -2.33. The molecule has 0 unspecified atom stereocenters. The van der Waals surface area contributed by atoms with Crippen LogP contribution in [0.3, 0.4) is 0 Å². The van der Waals surface area contributed by atoms with Gasteiger partial charge in [-0.05, 0) is 30.3 Å². The van der Waals surface area contributed by atoms with Crippen molar-refractivity contribution < 1.29 is 0 Å². The molecular formula is C12H15BrN4S. The van der Waals surface area contributed by atoms with Crippen LogP contribution in [0.15, 0.2) is 18.3 Å². The van der Waals surface area contributed by atoms with E-state index in [9.17, 15) is 0 Å². The normalized spacial score (nSPS) is 10.8. The molecule has 0 aromatic carbocycles. The SMILES string of the molecule is CCc1nc2ccc(CBr)cn2c1N(C)C(N)=S. The number of anilines is 1. The van der Waals surface area contributed by atoms with Crippen molar-refractivity contribution in [2.45, 2.75) is 18.7 Å². The predicted octanol–water partition coefficient (Wildman–Crippen LogP) is 2.47. The van der Waals surface area contributed by atoms with Crippen LogP contribution < -0.4 is 10.6 Å². The van der Waals surface area contributed by atoms with E-state index >= 15 is 0 Å². The van der Waals surface area contributed by atoms with Crippen LogP contribution in [0.25, 0.3) is 5.65 Å². The van der Waals surface area contributed by atoms with Crippen LogP contribution in [0.2, 0.25) is 0 Å². The number of halogens is 1. The van der Waals surface area contributed by atoms with E-state index in [4.69, 9.17) is 18.0 Å². The van der Waals surface area contributed by atoms with Crippen molar-refractivity contribution in [2.75, 3.05) is 11.9 Å². The second-order valence-electron chi connectivity index (χ2n) is 4.03. The lowest BCUT2D eigenvalue weighted by atomic mass is 10.3. The third-order valence-electron chi connectivity index (χ3n) is 2.86. The highest BCUT2D eigenvalue weighted by molar-refractivity contribution is 9.08. The first-order valence-corrected chi connectivity index (χ1v) is 7.20. The highest BCUT2D eigenvalue weighted by atomic mass is 79.9. The Morgan fingerprint density at radius 3 is 2.83 bits per heavy atom. The highest BCUT2D eigenvalue weighted by Crippen LogP contribution is 2.23. The summed E-state index contributed by atoms with van der Waals surface area (Å²) < 4.78 is 2.04. The number of imidazole rings is 1. The molecule has 0 saturated heterocycles. The van der Waals surface area contributed by atoms with E-state index in [1.54, 1.807) is 4.90 Å². The second kappa shape index (κ2) is 5.24. The third kappa shape index (κ3) is 2.22. The minimum atomic E-state index is 0.343. The Bertz CT molecular complexity index is 593. The van der Waals surface area contributed by atoms with E-state index in [-0.39, 0.29) is 0 Å². The van der Waals surface area contributed by atoms with Crippen LogP contribution in [0, 0.1) is 0 Å². The molecule has 4 nitrogen and oxygen atoms in total. The predicted molar refractivity (Wildman–Crippen MR) is 82.4 cm³/mol. The summed E-state index contributed by atoms with van der Waals surface area (Å²) in [6.45, 7) is 2.07. The largest absolute Gasteiger partial charge is 0.376 e. The molecule has 0 aliphatic heterocycles. The van der Waals surface area contributed by atoms with Gasteiger partial charge in [0.15, 0.2) is 5.11 Å². The molecule has 0 radical (unpaired) electrons. The number of pyridine rings is 1. The minimum Gasteiger partial charge on any atom is -0.376 e. The smallest absolute Gasteiger partial charge is 0.171 e. The van der Waals surface area contributed by atoms with Crippen LogP contribution in [0.1, 0.15) is 18.2 Å². The number of nitrogens with two attached hydrogens (primary N) is 1. The summed E-state index contributed by atoms with van der Waals surface area (Å²) in [5.41, 5.74) is 8.81. The van der Waals surface area contributed by atoms with Crippen LogP contribution in [-0.4, -0.2) is 21.5 Å². The molecule has 6 heteroatoms. The number of nitrogens with zero attached hydrogens (tertiary/aromatic N) is 3. The van der Waals surface area contributed by atoms with Gasteiger partial charge in [-0.3, -0.25) is 4.40 Å². The fourth-order valence-electron chi connectivity index (χ4n) is 1.90. The maximum absolute atomic E-state index is 5.72. The van der Waals surface area contributed by atoms with Gasteiger partial charge >= 0.3 is 0 Å².